The van der Waals surface area contributed by atoms with Crippen LogP contribution in [0, 0.1) is 92.7 Å². The van der Waals surface area contributed by atoms with Gasteiger partial charge in [0.1, 0.15) is 0 Å². The molecule has 0 saturated heterocycles. The maximum Gasteiger partial charge on any atom is 0.0488 e. The molecule has 0 aromatic carbocycles. The van der Waals surface area contributed by atoms with Gasteiger partial charge in [-0.3, -0.25) is 0 Å². The number of hydrogen-bond acceptors (Lipinski definition) is 16. The van der Waals surface area contributed by atoms with Crippen LogP contribution in [0.4, 0.5) is 0 Å². The summed E-state index contributed by atoms with van der Waals surface area (Å²) in [6.07, 6.45) is 10.9. The van der Waals surface area contributed by atoms with E-state index in [1.54, 1.807) is 0 Å². The topological polar surface area (TPSA) is 324 Å². The zero-order valence-corrected chi connectivity index (χ0v) is 35.9. The lowest BCUT2D eigenvalue weighted by atomic mass is 9.36. The normalized spacial score (nSPS) is 43.2. The van der Waals surface area contributed by atoms with Crippen LogP contribution in [-0.2, 0) is 0 Å². The molecule has 16 nitrogen and oxygen atoms in total. The van der Waals surface area contributed by atoms with E-state index in [1.807, 2.05) is 0 Å². The summed E-state index contributed by atoms with van der Waals surface area (Å²) in [4.78, 5) is 0. The van der Waals surface area contributed by atoms with Gasteiger partial charge in [-0.15, -0.1) is 0 Å². The molecule has 0 spiro atoms. The first kappa shape index (κ1) is 53.7. The average Bonchev–Trinajstić information content (AvgIpc) is 3.29. The monoisotopic (exact) mass is 869 g/mol. The highest BCUT2D eigenvalue weighted by atomic mass is 16.3. The van der Waals surface area contributed by atoms with Crippen LogP contribution in [0.25, 0.3) is 0 Å². The van der Waals surface area contributed by atoms with Crippen molar-refractivity contribution in [3.05, 3.63) is 0 Å². The van der Waals surface area contributed by atoms with Crippen molar-refractivity contribution < 1.29 is 81.7 Å². The van der Waals surface area contributed by atoms with Crippen LogP contribution in [0.15, 0.2) is 0 Å². The summed E-state index contributed by atoms with van der Waals surface area (Å²) >= 11 is 0. The standard InChI is InChI=1S/C14H24O4.C12H24O6.C10H20O4.C8H16O2/c15-7-11-1-12(8-16)4-13(2-11,9-17)6-14(3-11,5-12)10-18;13-1-7-8(2-14)10(4-16)12(6-18)11(5-17)9(7)3-15;11-3-7-1-8(4-12)10(6-14)2-9(7)5-13;9-5-7-2-1-3-8(4-7)6-10/h15-18H,1-10H2;7-18H,1-6H2;7-14H,1-6H2;7-10H,1-6H2. The molecule has 0 aromatic rings. The molecule has 0 amide bonds. The summed E-state index contributed by atoms with van der Waals surface area (Å²) < 4.78 is 0. The van der Waals surface area contributed by atoms with E-state index in [0.29, 0.717) is 37.9 Å². The Morgan fingerprint density at radius 3 is 0.633 bits per heavy atom. The van der Waals surface area contributed by atoms with Gasteiger partial charge in [-0.25, -0.2) is 0 Å². The van der Waals surface area contributed by atoms with Gasteiger partial charge in [-0.2, -0.15) is 0 Å². The van der Waals surface area contributed by atoms with Gasteiger partial charge in [-0.1, -0.05) is 6.42 Å². The largest absolute Gasteiger partial charge is 0.396 e. The Kier molecular flexibility index (Phi) is 22.5. The average molecular weight is 869 g/mol. The van der Waals surface area contributed by atoms with Crippen molar-refractivity contribution >= 4 is 0 Å². The Bertz CT molecular complexity index is 959. The lowest BCUT2D eigenvalue weighted by Crippen LogP contribution is -2.64. The molecule has 0 radical (unpaired) electrons. The van der Waals surface area contributed by atoms with Crippen LogP contribution in [-0.4, -0.2) is 187 Å². The molecule has 6 unspecified atom stereocenters. The first-order valence-electron chi connectivity index (χ1n) is 22.5. The predicted octanol–water partition coefficient (Wildman–Crippen LogP) is -2.07. The van der Waals surface area contributed by atoms with Gasteiger partial charge >= 0.3 is 0 Å². The first-order chi connectivity index (χ1) is 28.8. The smallest absolute Gasteiger partial charge is 0.0488 e. The summed E-state index contributed by atoms with van der Waals surface area (Å²) in [7, 11) is 0. The lowest BCUT2D eigenvalue weighted by molar-refractivity contribution is -0.239. The molecule has 4 bridgehead atoms. The summed E-state index contributed by atoms with van der Waals surface area (Å²) in [5.74, 6) is -1.06. The van der Waals surface area contributed by atoms with Gasteiger partial charge in [0, 0.05) is 106 Å². The number of aliphatic hydroxyl groups is 16. The summed E-state index contributed by atoms with van der Waals surface area (Å²) in [6, 6.07) is 0. The van der Waals surface area contributed by atoms with Gasteiger partial charge in [0.25, 0.3) is 0 Å². The molecule has 7 aliphatic carbocycles. The highest BCUT2D eigenvalue weighted by molar-refractivity contribution is 5.17. The molecule has 16 N–H and O–H groups in total. The van der Waals surface area contributed by atoms with E-state index in [-0.39, 0.29) is 173 Å². The van der Waals surface area contributed by atoms with Crippen molar-refractivity contribution in [2.75, 3.05) is 106 Å². The van der Waals surface area contributed by atoms with E-state index < -0.39 is 0 Å². The Morgan fingerprint density at radius 1 is 0.267 bits per heavy atom. The van der Waals surface area contributed by atoms with Crippen molar-refractivity contribution in [1.29, 1.82) is 0 Å². The van der Waals surface area contributed by atoms with Crippen molar-refractivity contribution in [2.24, 2.45) is 92.7 Å². The summed E-state index contributed by atoms with van der Waals surface area (Å²) in [6.45, 7) is -0.0604. The van der Waals surface area contributed by atoms with Gasteiger partial charge in [-0.05, 0) is 163 Å². The molecule has 6 atom stereocenters. The number of rotatable bonds is 16. The Morgan fingerprint density at radius 2 is 0.483 bits per heavy atom. The van der Waals surface area contributed by atoms with Crippen molar-refractivity contribution in [3.8, 4) is 0 Å². The molecule has 0 heterocycles. The molecule has 7 fully saturated rings. The minimum atomic E-state index is -0.378. The maximum atomic E-state index is 9.82. The van der Waals surface area contributed by atoms with E-state index in [4.69, 9.17) is 30.6 Å². The van der Waals surface area contributed by atoms with Crippen LogP contribution in [0.3, 0.4) is 0 Å². The van der Waals surface area contributed by atoms with Crippen molar-refractivity contribution in [1.82, 2.24) is 0 Å². The van der Waals surface area contributed by atoms with E-state index >= 15 is 0 Å². The fourth-order valence-corrected chi connectivity index (χ4v) is 13.9. The van der Waals surface area contributed by atoms with Gasteiger partial charge in [0.05, 0.1) is 0 Å². The molecular weight excluding hydrogens is 784 g/mol. The Balaban J connectivity index is 0.000000218. The first-order valence-corrected chi connectivity index (χ1v) is 22.5. The number of hydrogen-bond donors (Lipinski definition) is 16. The van der Waals surface area contributed by atoms with Crippen LogP contribution in [0.2, 0.25) is 0 Å². The van der Waals surface area contributed by atoms with Gasteiger partial charge in [0.15, 0.2) is 0 Å². The van der Waals surface area contributed by atoms with E-state index in [1.165, 1.54) is 6.42 Å². The number of aliphatic hydroxyl groups excluding tert-OH is 16. The molecule has 0 aliphatic heterocycles. The third-order valence-electron chi connectivity index (χ3n) is 16.3. The predicted molar refractivity (Wildman–Crippen MR) is 220 cm³/mol. The molecular formula is C44H84O16. The maximum absolute atomic E-state index is 9.82. The minimum Gasteiger partial charge on any atom is -0.396 e. The van der Waals surface area contributed by atoms with Crippen molar-refractivity contribution in [2.45, 2.75) is 77.0 Å². The fourth-order valence-electron chi connectivity index (χ4n) is 13.9. The Hall–Kier alpha value is -0.640. The molecule has 356 valence electrons. The van der Waals surface area contributed by atoms with E-state index in [2.05, 4.69) is 0 Å². The lowest BCUT2D eigenvalue weighted by Gasteiger charge is -2.69. The highest BCUT2D eigenvalue weighted by Crippen LogP contribution is 2.73. The second kappa shape index (κ2) is 25.2. The zero-order valence-electron chi connectivity index (χ0n) is 35.9. The fraction of sp³-hybridized carbons (Fsp3) is 1.00. The Labute approximate surface area is 356 Å². The molecule has 60 heavy (non-hydrogen) atoms. The molecule has 7 saturated carbocycles. The quantitative estimate of drug-likeness (QED) is 0.0792. The third-order valence-corrected chi connectivity index (χ3v) is 16.3. The van der Waals surface area contributed by atoms with E-state index in [9.17, 15) is 51.1 Å². The SMILES string of the molecule is OCC12CC3(CO)CC(CO)(C1)CC(CO)(C2)C3.OCC1C(CO)C(CO)C(CO)C(CO)C1CO.OCC1CC(CO)C(CO)CC1CO.OCC1CCCC(CO)C1. The molecule has 16 heteroatoms. The molecule has 0 aromatic heterocycles. The van der Waals surface area contributed by atoms with Crippen LogP contribution >= 0.6 is 0 Å². The van der Waals surface area contributed by atoms with Crippen LogP contribution in [0.5, 0.6) is 0 Å². The third kappa shape index (κ3) is 12.4. The summed E-state index contributed by atoms with van der Waals surface area (Å²) in [5.41, 5.74) is -0.766. The van der Waals surface area contributed by atoms with Gasteiger partial charge in [0.2, 0.25) is 0 Å². The summed E-state index contributed by atoms with van der Waals surface area (Å²) in [5, 5.41) is 150. The molecule has 7 rings (SSSR count). The minimum absolute atomic E-state index is 0.0554. The van der Waals surface area contributed by atoms with Crippen molar-refractivity contribution in [3.63, 3.8) is 0 Å². The highest BCUT2D eigenvalue weighted by Gasteiger charge is 2.67. The van der Waals surface area contributed by atoms with Crippen LogP contribution < -0.4 is 0 Å². The van der Waals surface area contributed by atoms with E-state index in [0.717, 1.165) is 57.8 Å². The van der Waals surface area contributed by atoms with Crippen LogP contribution in [0.1, 0.15) is 77.0 Å². The second-order valence-electron chi connectivity index (χ2n) is 20.3. The zero-order chi connectivity index (χ0) is 44.7. The van der Waals surface area contributed by atoms with Gasteiger partial charge < -0.3 is 81.7 Å². The molecule has 7 aliphatic rings. The second-order valence-corrected chi connectivity index (χ2v) is 20.3.